The highest BCUT2D eigenvalue weighted by atomic mass is 32.2. The van der Waals surface area contributed by atoms with Crippen LogP contribution in [-0.4, -0.2) is 30.2 Å². The minimum absolute atomic E-state index is 0.0200. The van der Waals surface area contributed by atoms with Gasteiger partial charge in [0, 0.05) is 22.7 Å². The first-order valence-corrected chi connectivity index (χ1v) is 16.9. The summed E-state index contributed by atoms with van der Waals surface area (Å²) in [6.45, 7) is 5.98. The lowest BCUT2D eigenvalue weighted by Gasteiger charge is -2.19. The van der Waals surface area contributed by atoms with E-state index in [9.17, 15) is 44.3 Å². The predicted molar refractivity (Wildman–Crippen MR) is 175 cm³/mol. The summed E-state index contributed by atoms with van der Waals surface area (Å²) in [7, 11) is -4.45. The molecule has 0 atom stereocenters. The first kappa shape index (κ1) is 36.2. The van der Waals surface area contributed by atoms with Crippen LogP contribution in [0.5, 0.6) is 0 Å². The molecule has 0 aliphatic heterocycles. The highest BCUT2D eigenvalue weighted by Gasteiger charge is 2.37. The number of thiazole rings is 1. The number of nitrogens with one attached hydrogen (secondary N) is 2. The van der Waals surface area contributed by atoms with Gasteiger partial charge in [0.1, 0.15) is 9.90 Å². The average molecular weight is 733 g/mol. The number of para-hydroxylation sites is 1. The Morgan fingerprint density at radius 3 is 1.88 bits per heavy atom. The van der Waals surface area contributed by atoms with Gasteiger partial charge in [-0.3, -0.25) is 14.6 Å². The van der Waals surface area contributed by atoms with Crippen molar-refractivity contribution in [3.05, 3.63) is 118 Å². The number of aromatic nitrogens is 2. The maximum atomic E-state index is 13.3. The van der Waals surface area contributed by atoms with Gasteiger partial charge in [0.2, 0.25) is 0 Å². The van der Waals surface area contributed by atoms with Gasteiger partial charge in [-0.1, -0.05) is 45.0 Å². The van der Waals surface area contributed by atoms with E-state index in [0.717, 1.165) is 23.1 Å². The molecule has 0 bridgehead atoms. The molecule has 5 rings (SSSR count). The fourth-order valence-corrected chi connectivity index (χ4v) is 6.58. The number of hydrogen-bond acceptors (Lipinski definition) is 7. The van der Waals surface area contributed by atoms with E-state index in [1.54, 1.807) is 12.1 Å². The summed E-state index contributed by atoms with van der Waals surface area (Å²) in [6.07, 6.45) is -8.91. The van der Waals surface area contributed by atoms with Crippen LogP contribution in [0.25, 0.3) is 22.0 Å². The van der Waals surface area contributed by atoms with Crippen molar-refractivity contribution in [1.82, 2.24) is 14.7 Å². The van der Waals surface area contributed by atoms with Gasteiger partial charge in [0.25, 0.3) is 21.8 Å². The fourth-order valence-electron chi connectivity index (χ4n) is 4.64. The molecule has 2 N–H and O–H groups in total. The van der Waals surface area contributed by atoms with E-state index in [0.29, 0.717) is 12.1 Å². The molecule has 0 radical (unpaired) electrons. The molecule has 0 saturated carbocycles. The van der Waals surface area contributed by atoms with E-state index < -0.39 is 50.9 Å². The highest BCUT2D eigenvalue weighted by Crippen LogP contribution is 2.39. The molecule has 260 valence electrons. The van der Waals surface area contributed by atoms with Gasteiger partial charge in [-0.05, 0) is 65.6 Å². The normalized spacial score (nSPS) is 12.4. The van der Waals surface area contributed by atoms with Crippen LogP contribution in [0.2, 0.25) is 0 Å². The fraction of sp³-hybridized carbons (Fsp3) is 0.176. The Morgan fingerprint density at radius 2 is 1.32 bits per heavy atom. The maximum Gasteiger partial charge on any atom is 0.416 e. The molecule has 2 aromatic heterocycles. The minimum Gasteiger partial charge on any atom is -0.321 e. The SMILES string of the molecule is CC(C)(C)c1ccc(C(=O)NS(=O)(=O)c2ccccc2NC(=O)c2ccc(-c3nc(-c4cc(C(F)(F)F)cc(C(F)(F)F)c4)cs3)nc2)cc1. The lowest BCUT2D eigenvalue weighted by atomic mass is 9.87. The van der Waals surface area contributed by atoms with Crippen LogP contribution in [-0.2, 0) is 27.8 Å². The van der Waals surface area contributed by atoms with Crippen LogP contribution < -0.4 is 10.0 Å². The number of pyridine rings is 1. The minimum atomic E-state index is -5.02. The smallest absolute Gasteiger partial charge is 0.321 e. The van der Waals surface area contributed by atoms with Crippen molar-refractivity contribution in [1.29, 1.82) is 0 Å². The standard InChI is InChI=1S/C34H26F6N4O4S2/c1-32(2,3)22-11-8-19(9-12-22)30(46)44-50(47,48)28-7-5-4-6-25(28)42-29(45)20-10-13-26(41-17-20)31-43-27(18-49-31)21-14-23(33(35,36)37)16-24(15-21)34(38,39)40/h4-18H,1-3H3,(H,42,45)(H,44,46). The quantitative estimate of drug-likeness (QED) is 0.162. The third-order valence-electron chi connectivity index (χ3n) is 7.30. The third-order valence-corrected chi connectivity index (χ3v) is 9.55. The van der Waals surface area contributed by atoms with Gasteiger partial charge in [0.05, 0.1) is 33.8 Å². The lowest BCUT2D eigenvalue weighted by molar-refractivity contribution is -0.143. The number of alkyl halides is 6. The Bertz CT molecular complexity index is 2140. The summed E-state index contributed by atoms with van der Waals surface area (Å²) < 4.78 is 108. The van der Waals surface area contributed by atoms with Gasteiger partial charge >= 0.3 is 12.4 Å². The lowest BCUT2D eigenvalue weighted by Crippen LogP contribution is -2.31. The first-order chi connectivity index (χ1) is 23.2. The van der Waals surface area contributed by atoms with Gasteiger partial charge in [-0.15, -0.1) is 11.3 Å². The number of halogens is 6. The average Bonchev–Trinajstić information content (AvgIpc) is 3.54. The molecule has 16 heteroatoms. The molecule has 0 fully saturated rings. The summed E-state index contributed by atoms with van der Waals surface area (Å²) in [5.74, 6) is -1.63. The van der Waals surface area contributed by atoms with E-state index in [-0.39, 0.29) is 49.6 Å². The largest absolute Gasteiger partial charge is 0.416 e. The van der Waals surface area contributed by atoms with Gasteiger partial charge < -0.3 is 5.32 Å². The number of hydrogen-bond donors (Lipinski definition) is 2. The Hall–Kier alpha value is -5.09. The van der Waals surface area contributed by atoms with Crippen molar-refractivity contribution < 1.29 is 44.3 Å². The monoisotopic (exact) mass is 732 g/mol. The van der Waals surface area contributed by atoms with Gasteiger partial charge in [-0.2, -0.15) is 26.3 Å². The van der Waals surface area contributed by atoms with Crippen molar-refractivity contribution in [3.63, 3.8) is 0 Å². The summed E-state index contributed by atoms with van der Waals surface area (Å²) in [6, 6.07) is 15.8. The van der Waals surface area contributed by atoms with Crippen molar-refractivity contribution in [2.45, 2.75) is 43.4 Å². The zero-order valence-corrected chi connectivity index (χ0v) is 27.9. The van der Waals surface area contributed by atoms with Crippen LogP contribution in [0.15, 0.2) is 95.3 Å². The molecular weight excluding hydrogens is 707 g/mol. The Balaban J connectivity index is 1.32. The molecule has 0 aliphatic carbocycles. The molecule has 2 amide bonds. The van der Waals surface area contributed by atoms with Crippen LogP contribution in [0, 0.1) is 0 Å². The Kier molecular flexibility index (Phi) is 9.64. The second kappa shape index (κ2) is 13.3. The van der Waals surface area contributed by atoms with Crippen molar-refractivity contribution in [2.75, 3.05) is 5.32 Å². The van der Waals surface area contributed by atoms with Gasteiger partial charge in [0.15, 0.2) is 0 Å². The Labute approximate surface area is 286 Å². The molecule has 0 saturated heterocycles. The number of rotatable bonds is 7. The number of nitrogens with zero attached hydrogens (tertiary/aromatic N) is 2. The number of carbonyl (C=O) groups is 2. The number of benzene rings is 3. The molecule has 0 aliphatic rings. The number of sulfonamides is 1. The highest BCUT2D eigenvalue weighted by molar-refractivity contribution is 7.90. The van der Waals surface area contributed by atoms with E-state index in [2.05, 4.69) is 15.3 Å². The molecule has 50 heavy (non-hydrogen) atoms. The number of anilines is 1. The Morgan fingerprint density at radius 1 is 0.720 bits per heavy atom. The summed E-state index contributed by atoms with van der Waals surface area (Å²) in [4.78, 5) is 33.8. The maximum absolute atomic E-state index is 13.3. The van der Waals surface area contributed by atoms with E-state index >= 15 is 0 Å². The summed E-state index contributed by atoms with van der Waals surface area (Å²) >= 11 is 0.913. The molecule has 2 heterocycles. The van der Waals surface area contributed by atoms with Gasteiger partial charge in [-0.25, -0.2) is 18.1 Å². The number of carbonyl (C=O) groups excluding carboxylic acids is 2. The second-order valence-corrected chi connectivity index (χ2v) is 14.5. The zero-order valence-electron chi connectivity index (χ0n) is 26.3. The van der Waals surface area contributed by atoms with E-state index in [4.69, 9.17) is 0 Å². The van der Waals surface area contributed by atoms with Crippen LogP contribution in [0.4, 0.5) is 32.0 Å². The van der Waals surface area contributed by atoms with Crippen molar-refractivity contribution >= 4 is 38.9 Å². The molecule has 8 nitrogen and oxygen atoms in total. The van der Waals surface area contributed by atoms with Crippen LogP contribution in [0.3, 0.4) is 0 Å². The predicted octanol–water partition coefficient (Wildman–Crippen LogP) is 8.58. The molecule has 5 aromatic rings. The van der Waals surface area contributed by atoms with E-state index in [1.165, 1.54) is 53.9 Å². The topological polar surface area (TPSA) is 118 Å². The van der Waals surface area contributed by atoms with Crippen LogP contribution >= 0.6 is 11.3 Å². The molecule has 0 unspecified atom stereocenters. The third kappa shape index (κ3) is 8.19. The first-order valence-electron chi connectivity index (χ1n) is 14.5. The van der Waals surface area contributed by atoms with Crippen LogP contribution in [0.1, 0.15) is 58.2 Å². The molecular formula is C34H26F6N4O4S2. The zero-order chi connectivity index (χ0) is 36.6. The van der Waals surface area contributed by atoms with Crippen molar-refractivity contribution in [3.8, 4) is 22.0 Å². The van der Waals surface area contributed by atoms with Crippen molar-refractivity contribution in [2.24, 2.45) is 0 Å². The summed E-state index contributed by atoms with van der Waals surface area (Å²) in [5.41, 5.74) is -2.60. The summed E-state index contributed by atoms with van der Waals surface area (Å²) in [5, 5.41) is 3.92. The molecule has 3 aromatic carbocycles. The number of amides is 2. The van der Waals surface area contributed by atoms with E-state index in [1.807, 2.05) is 25.5 Å². The molecule has 0 spiro atoms. The second-order valence-electron chi connectivity index (χ2n) is 12.0.